The molecular weight excluding hydrogens is 227 g/mol. The Morgan fingerprint density at radius 2 is 2.00 bits per heavy atom. The van der Waals surface area contributed by atoms with Crippen molar-refractivity contribution in [2.24, 2.45) is 17.6 Å². The Hall–Kier alpha value is -0.930. The molecule has 2 fully saturated rings. The van der Waals surface area contributed by atoms with Crippen LogP contribution < -0.4 is 5.73 Å². The SMILES string of the molecule is NC(CN1CC2CCCC2C1)c1cccc(F)c1. The van der Waals surface area contributed by atoms with Crippen molar-refractivity contribution < 1.29 is 4.39 Å². The van der Waals surface area contributed by atoms with Gasteiger partial charge in [-0.2, -0.15) is 0 Å². The average molecular weight is 248 g/mol. The average Bonchev–Trinajstić information content (AvgIpc) is 2.89. The van der Waals surface area contributed by atoms with Gasteiger partial charge in [-0.3, -0.25) is 0 Å². The standard InChI is InChI=1S/C15H21FN2/c16-14-6-2-3-11(7-14)15(17)10-18-8-12-4-1-5-13(12)9-18/h2-3,6-7,12-13,15H,1,4-5,8-10,17H2. The van der Waals surface area contributed by atoms with E-state index in [4.69, 9.17) is 5.73 Å². The number of fused-ring (bicyclic) bond motifs is 1. The van der Waals surface area contributed by atoms with E-state index < -0.39 is 0 Å². The van der Waals surface area contributed by atoms with Gasteiger partial charge in [0.2, 0.25) is 0 Å². The second kappa shape index (κ2) is 4.98. The minimum absolute atomic E-state index is 0.0699. The van der Waals surface area contributed by atoms with Crippen molar-refractivity contribution >= 4 is 0 Å². The van der Waals surface area contributed by atoms with Crippen molar-refractivity contribution in [3.8, 4) is 0 Å². The molecule has 0 amide bonds. The zero-order valence-corrected chi connectivity index (χ0v) is 10.7. The molecule has 1 aliphatic heterocycles. The van der Waals surface area contributed by atoms with Crippen LogP contribution in [0.15, 0.2) is 24.3 Å². The lowest BCUT2D eigenvalue weighted by Crippen LogP contribution is -2.31. The third-order valence-corrected chi connectivity index (χ3v) is 4.53. The van der Waals surface area contributed by atoms with Gasteiger partial charge in [-0.15, -0.1) is 0 Å². The molecule has 1 aromatic rings. The normalized spacial score (nSPS) is 29.4. The lowest BCUT2D eigenvalue weighted by atomic mass is 10.0. The first-order valence-corrected chi connectivity index (χ1v) is 6.96. The first-order chi connectivity index (χ1) is 8.72. The Labute approximate surface area is 108 Å². The minimum atomic E-state index is -0.193. The van der Waals surface area contributed by atoms with Crippen molar-refractivity contribution in [1.82, 2.24) is 4.90 Å². The summed E-state index contributed by atoms with van der Waals surface area (Å²) in [4.78, 5) is 2.46. The first-order valence-electron chi connectivity index (χ1n) is 6.96. The van der Waals surface area contributed by atoms with Crippen molar-refractivity contribution in [3.05, 3.63) is 35.6 Å². The second-order valence-corrected chi connectivity index (χ2v) is 5.83. The predicted molar refractivity (Wildman–Crippen MR) is 70.6 cm³/mol. The third-order valence-electron chi connectivity index (χ3n) is 4.53. The number of benzene rings is 1. The molecule has 3 unspecified atom stereocenters. The summed E-state index contributed by atoms with van der Waals surface area (Å²) in [5.74, 6) is 1.59. The molecule has 98 valence electrons. The van der Waals surface area contributed by atoms with Crippen LogP contribution in [0.5, 0.6) is 0 Å². The van der Waals surface area contributed by atoms with E-state index in [1.54, 1.807) is 12.1 Å². The summed E-state index contributed by atoms with van der Waals surface area (Å²) in [5.41, 5.74) is 7.10. The fraction of sp³-hybridized carbons (Fsp3) is 0.600. The highest BCUT2D eigenvalue weighted by Crippen LogP contribution is 2.38. The third kappa shape index (κ3) is 2.43. The predicted octanol–water partition coefficient (Wildman–Crippen LogP) is 2.56. The van der Waals surface area contributed by atoms with Crippen LogP contribution in [-0.4, -0.2) is 24.5 Å². The summed E-state index contributed by atoms with van der Waals surface area (Å²) < 4.78 is 13.2. The molecule has 1 saturated carbocycles. The van der Waals surface area contributed by atoms with E-state index in [0.29, 0.717) is 0 Å². The van der Waals surface area contributed by atoms with Crippen LogP contribution in [0, 0.1) is 17.7 Å². The van der Waals surface area contributed by atoms with Crippen molar-refractivity contribution in [2.75, 3.05) is 19.6 Å². The lowest BCUT2D eigenvalue weighted by molar-refractivity contribution is 0.291. The molecule has 3 atom stereocenters. The largest absolute Gasteiger partial charge is 0.323 e. The summed E-state index contributed by atoms with van der Waals surface area (Å²) in [7, 11) is 0. The van der Waals surface area contributed by atoms with Gasteiger partial charge in [0.25, 0.3) is 0 Å². The van der Waals surface area contributed by atoms with E-state index in [-0.39, 0.29) is 11.9 Å². The Bertz CT molecular complexity index is 409. The number of halogens is 1. The van der Waals surface area contributed by atoms with Gasteiger partial charge in [0, 0.05) is 25.7 Å². The number of nitrogens with zero attached hydrogens (tertiary/aromatic N) is 1. The fourth-order valence-corrected chi connectivity index (χ4v) is 3.60. The summed E-state index contributed by atoms with van der Waals surface area (Å²) >= 11 is 0. The van der Waals surface area contributed by atoms with Crippen molar-refractivity contribution in [2.45, 2.75) is 25.3 Å². The van der Waals surface area contributed by atoms with E-state index in [1.165, 1.54) is 38.4 Å². The van der Waals surface area contributed by atoms with Crippen molar-refractivity contribution in [1.29, 1.82) is 0 Å². The maximum absolute atomic E-state index is 13.2. The summed E-state index contributed by atoms with van der Waals surface area (Å²) in [6.45, 7) is 3.23. The van der Waals surface area contributed by atoms with Gasteiger partial charge >= 0.3 is 0 Å². The van der Waals surface area contributed by atoms with Crippen molar-refractivity contribution in [3.63, 3.8) is 0 Å². The fourth-order valence-electron chi connectivity index (χ4n) is 3.60. The number of hydrogen-bond donors (Lipinski definition) is 1. The van der Waals surface area contributed by atoms with Crippen LogP contribution in [0.1, 0.15) is 30.9 Å². The van der Waals surface area contributed by atoms with Crippen LogP contribution in [0.2, 0.25) is 0 Å². The van der Waals surface area contributed by atoms with E-state index >= 15 is 0 Å². The maximum Gasteiger partial charge on any atom is 0.123 e. The molecule has 2 aliphatic rings. The molecule has 0 bridgehead atoms. The smallest absolute Gasteiger partial charge is 0.123 e. The highest BCUT2D eigenvalue weighted by Gasteiger charge is 2.36. The Morgan fingerprint density at radius 3 is 2.67 bits per heavy atom. The topological polar surface area (TPSA) is 29.3 Å². The van der Waals surface area contributed by atoms with Crippen LogP contribution in [0.3, 0.4) is 0 Å². The first kappa shape index (κ1) is 12.1. The van der Waals surface area contributed by atoms with Crippen LogP contribution >= 0.6 is 0 Å². The highest BCUT2D eigenvalue weighted by atomic mass is 19.1. The second-order valence-electron chi connectivity index (χ2n) is 5.83. The summed E-state index contributed by atoms with van der Waals surface area (Å²) in [6.07, 6.45) is 4.17. The Kier molecular flexibility index (Phi) is 3.35. The van der Waals surface area contributed by atoms with Gasteiger partial charge < -0.3 is 10.6 Å². The number of nitrogens with two attached hydrogens (primary N) is 1. The molecular formula is C15H21FN2. The Balaban J connectivity index is 1.60. The van der Waals surface area contributed by atoms with Crippen LogP contribution in [0.25, 0.3) is 0 Å². The monoisotopic (exact) mass is 248 g/mol. The lowest BCUT2D eigenvalue weighted by Gasteiger charge is -2.21. The molecule has 2 N–H and O–H groups in total. The molecule has 1 aromatic carbocycles. The van der Waals surface area contributed by atoms with Crippen LogP contribution in [0.4, 0.5) is 4.39 Å². The van der Waals surface area contributed by atoms with E-state index in [2.05, 4.69) is 4.90 Å². The van der Waals surface area contributed by atoms with E-state index in [0.717, 1.165) is 23.9 Å². The molecule has 0 radical (unpaired) electrons. The molecule has 1 saturated heterocycles. The molecule has 3 heteroatoms. The molecule has 1 aliphatic carbocycles. The van der Waals surface area contributed by atoms with Gasteiger partial charge in [-0.1, -0.05) is 18.6 Å². The van der Waals surface area contributed by atoms with Gasteiger partial charge in [0.15, 0.2) is 0 Å². The molecule has 0 aromatic heterocycles. The van der Waals surface area contributed by atoms with Gasteiger partial charge in [0.05, 0.1) is 0 Å². The molecule has 2 nitrogen and oxygen atoms in total. The molecule has 18 heavy (non-hydrogen) atoms. The maximum atomic E-state index is 13.2. The minimum Gasteiger partial charge on any atom is -0.323 e. The van der Waals surface area contributed by atoms with Crippen LogP contribution in [-0.2, 0) is 0 Å². The Morgan fingerprint density at radius 1 is 1.28 bits per heavy atom. The number of rotatable bonds is 3. The quantitative estimate of drug-likeness (QED) is 0.890. The molecule has 3 rings (SSSR count). The van der Waals surface area contributed by atoms with Gasteiger partial charge in [-0.25, -0.2) is 4.39 Å². The summed E-state index contributed by atoms with van der Waals surface area (Å²) in [5, 5.41) is 0. The zero-order valence-electron chi connectivity index (χ0n) is 10.7. The highest BCUT2D eigenvalue weighted by molar-refractivity contribution is 5.20. The molecule has 1 heterocycles. The number of likely N-dealkylation sites (tertiary alicyclic amines) is 1. The molecule has 0 spiro atoms. The van der Waals surface area contributed by atoms with E-state index in [1.807, 2.05) is 6.07 Å². The van der Waals surface area contributed by atoms with E-state index in [9.17, 15) is 4.39 Å². The van der Waals surface area contributed by atoms with Gasteiger partial charge in [-0.05, 0) is 42.4 Å². The van der Waals surface area contributed by atoms with Gasteiger partial charge in [0.1, 0.15) is 5.82 Å². The number of hydrogen-bond acceptors (Lipinski definition) is 2. The zero-order chi connectivity index (χ0) is 12.5. The summed E-state index contributed by atoms with van der Waals surface area (Å²) in [6, 6.07) is 6.62.